The molecule has 0 aliphatic rings. The largest absolute Gasteiger partial charge is 0.744 e. The van der Waals surface area contributed by atoms with Crippen LogP contribution in [0.25, 0.3) is 0 Å². The molecule has 0 radical (unpaired) electrons. The minimum Gasteiger partial charge on any atom is -0.744 e. The monoisotopic (exact) mass is 205 g/mol. The average Bonchev–Trinajstić information content (AvgIpc) is 1.83. The van der Waals surface area contributed by atoms with Gasteiger partial charge in [0.2, 0.25) is 0 Å². The van der Waals surface area contributed by atoms with Gasteiger partial charge in [-0.3, -0.25) is 0 Å². The maximum atomic E-state index is 10.6. The van der Waals surface area contributed by atoms with Crippen LogP contribution in [-0.2, 0) is 10.1 Å². The molecule has 0 spiro atoms. The van der Waals surface area contributed by atoms with Crippen molar-refractivity contribution in [2.75, 3.05) is 0 Å². The zero-order chi connectivity index (χ0) is 9.35. The highest BCUT2D eigenvalue weighted by atomic mass is 35.5. The molecule has 5 heteroatoms. The van der Waals surface area contributed by atoms with E-state index in [2.05, 4.69) is 0 Å². The Bertz CT molecular complexity index is 397. The summed E-state index contributed by atoms with van der Waals surface area (Å²) in [7, 11) is -4.36. The first-order valence-corrected chi connectivity index (χ1v) is 4.92. The van der Waals surface area contributed by atoms with E-state index in [1.165, 1.54) is 25.1 Å². The zero-order valence-electron chi connectivity index (χ0n) is 6.24. The number of hydrogen-bond acceptors (Lipinski definition) is 3. The van der Waals surface area contributed by atoms with E-state index in [1.54, 1.807) is 0 Å². The van der Waals surface area contributed by atoms with E-state index in [0.717, 1.165) is 0 Å². The highest BCUT2D eigenvalue weighted by Crippen LogP contribution is 2.18. The Morgan fingerprint density at radius 2 is 2.00 bits per heavy atom. The molecule has 0 heterocycles. The third kappa shape index (κ3) is 1.97. The Hall–Kier alpha value is -0.580. The van der Waals surface area contributed by atoms with E-state index in [1.807, 2.05) is 0 Å². The van der Waals surface area contributed by atoms with E-state index >= 15 is 0 Å². The van der Waals surface area contributed by atoms with Gasteiger partial charge in [0.25, 0.3) is 0 Å². The molecule has 3 nitrogen and oxygen atoms in total. The Labute approximate surface area is 75.7 Å². The zero-order valence-corrected chi connectivity index (χ0v) is 7.82. The summed E-state index contributed by atoms with van der Waals surface area (Å²) in [6.07, 6.45) is 0. The van der Waals surface area contributed by atoms with Crippen LogP contribution in [0.5, 0.6) is 0 Å². The van der Waals surface area contributed by atoms with Crippen molar-refractivity contribution in [1.29, 1.82) is 0 Å². The molecule has 0 bridgehead atoms. The smallest absolute Gasteiger partial charge is 0.124 e. The van der Waals surface area contributed by atoms with Crippen LogP contribution in [0, 0.1) is 6.92 Å². The second-order valence-electron chi connectivity index (χ2n) is 2.36. The minimum atomic E-state index is -4.36. The molecule has 0 fully saturated rings. The molecule has 1 rings (SSSR count). The molecule has 0 saturated carbocycles. The molecule has 1 aromatic carbocycles. The number of hydrogen-bond donors (Lipinski definition) is 0. The maximum absolute atomic E-state index is 10.6. The number of halogens is 1. The van der Waals surface area contributed by atoms with Crippen LogP contribution in [0.2, 0.25) is 5.02 Å². The van der Waals surface area contributed by atoms with Crippen LogP contribution in [-0.4, -0.2) is 13.0 Å². The molecule has 0 aromatic heterocycles. The fourth-order valence-corrected chi connectivity index (χ4v) is 1.81. The van der Waals surface area contributed by atoms with Gasteiger partial charge < -0.3 is 4.55 Å². The lowest BCUT2D eigenvalue weighted by molar-refractivity contribution is 0.462. The summed E-state index contributed by atoms with van der Waals surface area (Å²) in [4.78, 5) is -0.216. The van der Waals surface area contributed by atoms with E-state index < -0.39 is 10.1 Å². The third-order valence-electron chi connectivity index (χ3n) is 1.41. The molecule has 12 heavy (non-hydrogen) atoms. The van der Waals surface area contributed by atoms with Gasteiger partial charge in [0.1, 0.15) is 10.1 Å². The van der Waals surface area contributed by atoms with Gasteiger partial charge in [0, 0.05) is 5.02 Å². The fraction of sp³-hybridized carbons (Fsp3) is 0.143. The van der Waals surface area contributed by atoms with Gasteiger partial charge in [-0.05, 0) is 30.7 Å². The Kier molecular flexibility index (Phi) is 2.41. The van der Waals surface area contributed by atoms with Crippen molar-refractivity contribution in [1.82, 2.24) is 0 Å². The van der Waals surface area contributed by atoms with Crippen molar-refractivity contribution in [2.45, 2.75) is 11.8 Å². The van der Waals surface area contributed by atoms with E-state index in [-0.39, 0.29) is 4.90 Å². The van der Waals surface area contributed by atoms with Crippen LogP contribution in [0.1, 0.15) is 5.56 Å². The van der Waals surface area contributed by atoms with Gasteiger partial charge in [-0.2, -0.15) is 0 Å². The topological polar surface area (TPSA) is 57.2 Å². The summed E-state index contributed by atoms with van der Waals surface area (Å²) < 4.78 is 31.7. The van der Waals surface area contributed by atoms with Gasteiger partial charge in [0.05, 0.1) is 4.90 Å². The maximum Gasteiger partial charge on any atom is 0.124 e. The van der Waals surface area contributed by atoms with E-state index in [4.69, 9.17) is 11.6 Å². The van der Waals surface area contributed by atoms with Crippen LogP contribution in [0.15, 0.2) is 23.1 Å². The van der Waals surface area contributed by atoms with Gasteiger partial charge in [-0.15, -0.1) is 0 Å². The quantitative estimate of drug-likeness (QED) is 0.654. The second-order valence-corrected chi connectivity index (χ2v) is 4.15. The molecule has 66 valence electrons. The molecule has 0 unspecified atom stereocenters. The molecule has 1 aromatic rings. The first-order valence-electron chi connectivity index (χ1n) is 3.13. The summed E-state index contributed by atoms with van der Waals surface area (Å²) in [6.45, 7) is 1.52. The summed E-state index contributed by atoms with van der Waals surface area (Å²) >= 11 is 5.57. The fourth-order valence-electron chi connectivity index (χ4n) is 0.893. The van der Waals surface area contributed by atoms with Crippen molar-refractivity contribution in [2.24, 2.45) is 0 Å². The first kappa shape index (κ1) is 9.51. The summed E-state index contributed by atoms with van der Waals surface area (Å²) in [5.41, 5.74) is 0.373. The Balaban J connectivity index is 3.39. The predicted octanol–water partition coefficient (Wildman–Crippen LogP) is 1.55. The van der Waals surface area contributed by atoms with Crippen molar-refractivity contribution in [3.8, 4) is 0 Å². The van der Waals surface area contributed by atoms with E-state index in [0.29, 0.717) is 10.6 Å². The molecule has 0 aliphatic heterocycles. The highest BCUT2D eigenvalue weighted by molar-refractivity contribution is 7.85. The van der Waals surface area contributed by atoms with Crippen molar-refractivity contribution in [3.63, 3.8) is 0 Å². The standard InChI is InChI=1S/C7H7ClO3S/c1-5-4-6(8)2-3-7(5)12(9,10)11/h2-4H,1H3,(H,9,10,11)/p-1. The molecular weight excluding hydrogens is 200 g/mol. The first-order chi connectivity index (χ1) is 5.41. The van der Waals surface area contributed by atoms with Gasteiger partial charge in [-0.1, -0.05) is 11.6 Å². The van der Waals surface area contributed by atoms with Crippen LogP contribution in [0.4, 0.5) is 0 Å². The SMILES string of the molecule is Cc1cc(Cl)ccc1S(=O)(=O)[O-]. The van der Waals surface area contributed by atoms with E-state index in [9.17, 15) is 13.0 Å². The lowest BCUT2D eigenvalue weighted by Crippen LogP contribution is -2.00. The molecule has 0 N–H and O–H groups in total. The average molecular weight is 206 g/mol. The number of aryl methyl sites for hydroxylation is 1. The molecule has 0 saturated heterocycles. The van der Waals surface area contributed by atoms with Crippen molar-refractivity contribution < 1.29 is 13.0 Å². The minimum absolute atomic E-state index is 0.216. The molecule has 0 atom stereocenters. The normalized spacial score (nSPS) is 11.6. The summed E-state index contributed by atoms with van der Waals surface area (Å²) in [5.74, 6) is 0. The summed E-state index contributed by atoms with van der Waals surface area (Å²) in [6, 6.07) is 4.02. The lowest BCUT2D eigenvalue weighted by atomic mass is 10.2. The van der Waals surface area contributed by atoms with Crippen LogP contribution >= 0.6 is 11.6 Å². The Morgan fingerprint density at radius 3 is 2.42 bits per heavy atom. The molecule has 0 aliphatic carbocycles. The predicted molar refractivity (Wildman–Crippen MR) is 44.2 cm³/mol. The molecular formula is C7H6ClO3S-. The van der Waals surface area contributed by atoms with Crippen LogP contribution < -0.4 is 0 Å². The van der Waals surface area contributed by atoms with Crippen molar-refractivity contribution >= 4 is 21.7 Å². The summed E-state index contributed by atoms with van der Waals surface area (Å²) in [5, 5.41) is 0.417. The van der Waals surface area contributed by atoms with Gasteiger partial charge in [-0.25, -0.2) is 8.42 Å². The van der Waals surface area contributed by atoms with Gasteiger partial charge in [0.15, 0.2) is 0 Å². The van der Waals surface area contributed by atoms with Crippen LogP contribution in [0.3, 0.4) is 0 Å². The Morgan fingerprint density at radius 1 is 1.42 bits per heavy atom. The second kappa shape index (κ2) is 3.05. The molecule has 0 amide bonds. The lowest BCUT2D eigenvalue weighted by Gasteiger charge is -2.09. The third-order valence-corrected chi connectivity index (χ3v) is 2.64. The highest BCUT2D eigenvalue weighted by Gasteiger charge is 2.04. The number of benzene rings is 1. The van der Waals surface area contributed by atoms with Crippen molar-refractivity contribution in [3.05, 3.63) is 28.8 Å². The van der Waals surface area contributed by atoms with Gasteiger partial charge >= 0.3 is 0 Å². The number of rotatable bonds is 1.